The quantitative estimate of drug-likeness (QED) is 0.562. The van der Waals surface area contributed by atoms with E-state index in [4.69, 9.17) is 11.6 Å². The number of aryl methyl sites for hydroxylation is 1. The molecule has 3 rings (SSSR count). The van der Waals surface area contributed by atoms with Gasteiger partial charge >= 0.3 is 0 Å². The van der Waals surface area contributed by atoms with E-state index >= 15 is 0 Å². The number of benzene rings is 2. The first kappa shape index (κ1) is 15.8. The maximum atomic E-state index is 12.9. The van der Waals surface area contributed by atoms with Gasteiger partial charge in [-0.05, 0) is 42.7 Å². The minimum Gasteiger partial charge on any atom is -0.347 e. The van der Waals surface area contributed by atoms with Crippen LogP contribution in [0.1, 0.15) is 36.2 Å². The van der Waals surface area contributed by atoms with Gasteiger partial charge in [0, 0.05) is 39.8 Å². The van der Waals surface area contributed by atoms with E-state index in [9.17, 15) is 4.79 Å². The Morgan fingerprint density at radius 1 is 1.09 bits per heavy atom. The van der Waals surface area contributed by atoms with Crippen LogP contribution in [0, 0.1) is 5.92 Å². The van der Waals surface area contributed by atoms with Crippen molar-refractivity contribution in [1.82, 2.24) is 4.57 Å². The third-order valence-electron chi connectivity index (χ3n) is 4.09. The molecule has 0 fully saturated rings. The number of halogens is 1. The molecule has 0 atom stereocenters. The number of aromatic nitrogens is 1. The van der Waals surface area contributed by atoms with Gasteiger partial charge in [0.05, 0.1) is 0 Å². The number of fused-ring (bicyclic) bond motifs is 1. The van der Waals surface area contributed by atoms with Gasteiger partial charge in [-0.1, -0.05) is 43.6 Å². The molecule has 0 saturated heterocycles. The van der Waals surface area contributed by atoms with Crippen LogP contribution in [0.5, 0.6) is 0 Å². The van der Waals surface area contributed by atoms with Gasteiger partial charge in [0.2, 0.25) is 0 Å². The first-order valence-electron chi connectivity index (χ1n) is 7.94. The van der Waals surface area contributed by atoms with E-state index in [1.807, 2.05) is 24.4 Å². The second-order valence-corrected chi connectivity index (χ2v) is 6.71. The summed E-state index contributed by atoms with van der Waals surface area (Å²) in [4.78, 5) is 12.9. The summed E-state index contributed by atoms with van der Waals surface area (Å²) in [5, 5.41) is 1.65. The molecule has 118 valence electrons. The molecule has 1 aromatic heterocycles. The van der Waals surface area contributed by atoms with Gasteiger partial charge in [-0.2, -0.15) is 0 Å². The van der Waals surface area contributed by atoms with Crippen LogP contribution in [0.4, 0.5) is 0 Å². The molecule has 0 bridgehead atoms. The van der Waals surface area contributed by atoms with Crippen molar-refractivity contribution in [3.63, 3.8) is 0 Å². The fourth-order valence-corrected chi connectivity index (χ4v) is 2.89. The van der Waals surface area contributed by atoms with Gasteiger partial charge in [0.15, 0.2) is 5.78 Å². The molecule has 0 aliphatic carbocycles. The largest absolute Gasteiger partial charge is 0.347 e. The minimum absolute atomic E-state index is 0.0427. The van der Waals surface area contributed by atoms with Crippen LogP contribution in [0.25, 0.3) is 10.9 Å². The molecule has 0 aliphatic heterocycles. The number of ketones is 1. The molecule has 2 aromatic carbocycles. The Balaban J connectivity index is 2.03. The number of hydrogen-bond donors (Lipinski definition) is 0. The molecule has 0 radical (unpaired) electrons. The Kier molecular flexibility index (Phi) is 4.53. The van der Waals surface area contributed by atoms with E-state index in [0.29, 0.717) is 16.5 Å². The molecular weight excluding hydrogens is 306 g/mol. The normalized spacial score (nSPS) is 11.3. The Bertz CT molecular complexity index is 830. The number of carbonyl (C=O) groups is 1. The van der Waals surface area contributed by atoms with Crippen molar-refractivity contribution >= 4 is 28.3 Å². The lowest BCUT2D eigenvalue weighted by atomic mass is 10.0. The zero-order valence-electron chi connectivity index (χ0n) is 13.4. The molecular formula is C20H20ClNO. The van der Waals surface area contributed by atoms with Crippen molar-refractivity contribution in [2.75, 3.05) is 0 Å². The Labute approximate surface area is 141 Å². The van der Waals surface area contributed by atoms with Crippen molar-refractivity contribution in [2.24, 2.45) is 5.92 Å². The second-order valence-electron chi connectivity index (χ2n) is 6.27. The summed E-state index contributed by atoms with van der Waals surface area (Å²) in [6.07, 6.45) is 3.08. The molecule has 0 saturated carbocycles. The van der Waals surface area contributed by atoms with Gasteiger partial charge < -0.3 is 4.57 Å². The highest BCUT2D eigenvalue weighted by Gasteiger charge is 2.16. The number of hydrogen-bond acceptors (Lipinski definition) is 1. The monoisotopic (exact) mass is 325 g/mol. The maximum Gasteiger partial charge on any atom is 0.195 e. The number of nitrogens with zero attached hydrogens (tertiary/aromatic N) is 1. The maximum absolute atomic E-state index is 12.9. The molecule has 1 heterocycles. The Morgan fingerprint density at radius 3 is 2.48 bits per heavy atom. The molecule has 0 unspecified atom stereocenters. The molecule has 23 heavy (non-hydrogen) atoms. The Hall–Kier alpha value is -2.06. The van der Waals surface area contributed by atoms with E-state index in [2.05, 4.69) is 24.5 Å². The van der Waals surface area contributed by atoms with Crippen LogP contribution in [0.2, 0.25) is 5.02 Å². The number of para-hydroxylation sites is 1. The van der Waals surface area contributed by atoms with Gasteiger partial charge in [-0.25, -0.2) is 0 Å². The highest BCUT2D eigenvalue weighted by atomic mass is 35.5. The molecule has 0 aliphatic rings. The van der Waals surface area contributed by atoms with Crippen LogP contribution >= 0.6 is 11.6 Å². The van der Waals surface area contributed by atoms with E-state index in [0.717, 1.165) is 29.4 Å². The van der Waals surface area contributed by atoms with E-state index < -0.39 is 0 Å². The SMILES string of the molecule is CC(C)CCn1cc(C(=O)c2ccc(Cl)cc2)c2ccccc21. The fraction of sp³-hybridized carbons (Fsp3) is 0.250. The highest BCUT2D eigenvalue weighted by Crippen LogP contribution is 2.25. The van der Waals surface area contributed by atoms with Gasteiger partial charge in [-0.15, -0.1) is 0 Å². The molecule has 3 aromatic rings. The number of carbonyl (C=O) groups excluding carboxylic acids is 1. The van der Waals surface area contributed by atoms with Crippen LogP contribution in [0.3, 0.4) is 0 Å². The lowest BCUT2D eigenvalue weighted by Crippen LogP contribution is -2.02. The van der Waals surface area contributed by atoms with Gasteiger partial charge in [-0.3, -0.25) is 4.79 Å². The third-order valence-corrected chi connectivity index (χ3v) is 4.34. The van der Waals surface area contributed by atoms with Crippen LogP contribution in [0.15, 0.2) is 54.7 Å². The first-order valence-corrected chi connectivity index (χ1v) is 8.32. The van der Waals surface area contributed by atoms with Crippen molar-refractivity contribution in [2.45, 2.75) is 26.8 Å². The summed E-state index contributed by atoms with van der Waals surface area (Å²) in [6, 6.07) is 15.2. The van der Waals surface area contributed by atoms with Gasteiger partial charge in [0.25, 0.3) is 0 Å². The van der Waals surface area contributed by atoms with E-state index in [1.165, 1.54) is 0 Å². The molecule has 0 spiro atoms. The van der Waals surface area contributed by atoms with Crippen LogP contribution in [-0.2, 0) is 6.54 Å². The standard InChI is InChI=1S/C20H20ClNO/c1-14(2)11-12-22-13-18(17-5-3-4-6-19(17)22)20(23)15-7-9-16(21)10-8-15/h3-10,13-14H,11-12H2,1-2H3. The smallest absolute Gasteiger partial charge is 0.195 e. The average molecular weight is 326 g/mol. The predicted molar refractivity (Wildman–Crippen MR) is 96.3 cm³/mol. The van der Waals surface area contributed by atoms with Crippen molar-refractivity contribution in [3.8, 4) is 0 Å². The van der Waals surface area contributed by atoms with Crippen molar-refractivity contribution < 1.29 is 4.79 Å². The van der Waals surface area contributed by atoms with Crippen molar-refractivity contribution in [1.29, 1.82) is 0 Å². The predicted octanol–water partition coefficient (Wildman–Crippen LogP) is 5.57. The van der Waals surface area contributed by atoms with Crippen LogP contribution in [-0.4, -0.2) is 10.4 Å². The zero-order chi connectivity index (χ0) is 16.4. The van der Waals surface area contributed by atoms with Gasteiger partial charge in [0.1, 0.15) is 0 Å². The highest BCUT2D eigenvalue weighted by molar-refractivity contribution is 6.30. The van der Waals surface area contributed by atoms with Crippen LogP contribution < -0.4 is 0 Å². The topological polar surface area (TPSA) is 22.0 Å². The summed E-state index contributed by atoms with van der Waals surface area (Å²) in [5.74, 6) is 0.674. The molecule has 2 nitrogen and oxygen atoms in total. The first-order chi connectivity index (χ1) is 11.1. The summed E-state index contributed by atoms with van der Waals surface area (Å²) < 4.78 is 2.19. The fourth-order valence-electron chi connectivity index (χ4n) is 2.77. The molecule has 0 amide bonds. The number of rotatable bonds is 5. The summed E-state index contributed by atoms with van der Waals surface area (Å²) >= 11 is 5.92. The Morgan fingerprint density at radius 2 is 1.78 bits per heavy atom. The lowest BCUT2D eigenvalue weighted by molar-refractivity contribution is 0.104. The second kappa shape index (κ2) is 6.59. The minimum atomic E-state index is 0.0427. The van der Waals surface area contributed by atoms with E-state index in [-0.39, 0.29) is 5.78 Å². The lowest BCUT2D eigenvalue weighted by Gasteiger charge is -2.07. The summed E-state index contributed by atoms with van der Waals surface area (Å²) in [7, 11) is 0. The zero-order valence-corrected chi connectivity index (χ0v) is 14.2. The third kappa shape index (κ3) is 3.32. The molecule has 3 heteroatoms. The molecule has 0 N–H and O–H groups in total. The van der Waals surface area contributed by atoms with Crippen molar-refractivity contribution in [3.05, 3.63) is 70.9 Å². The van der Waals surface area contributed by atoms with E-state index in [1.54, 1.807) is 24.3 Å². The summed E-state index contributed by atoms with van der Waals surface area (Å²) in [6.45, 7) is 5.35. The summed E-state index contributed by atoms with van der Waals surface area (Å²) in [5.41, 5.74) is 2.54. The average Bonchev–Trinajstić information content (AvgIpc) is 2.92.